The number of aryl methyl sites for hydroxylation is 1. The first-order valence-electron chi connectivity index (χ1n) is 5.79. The first kappa shape index (κ1) is 14.5. The van der Waals surface area contributed by atoms with E-state index in [2.05, 4.69) is 15.9 Å². The number of nitro benzene ring substituents is 1. The highest BCUT2D eigenvalue weighted by Crippen LogP contribution is 2.25. The molecule has 0 radical (unpaired) electrons. The van der Waals surface area contributed by atoms with Crippen LogP contribution in [0.3, 0.4) is 0 Å². The van der Waals surface area contributed by atoms with Crippen LogP contribution in [0.5, 0.6) is 5.75 Å². The molecule has 2 aromatic carbocycles. The molecular weight excluding hydrogens is 329 g/mol. The van der Waals surface area contributed by atoms with Gasteiger partial charge in [0.15, 0.2) is 11.6 Å². The van der Waals surface area contributed by atoms with E-state index in [1.54, 1.807) is 18.2 Å². The molecule has 0 saturated carbocycles. The molecule has 0 spiro atoms. The van der Waals surface area contributed by atoms with Crippen molar-refractivity contribution in [3.05, 3.63) is 67.9 Å². The van der Waals surface area contributed by atoms with Crippen molar-refractivity contribution in [2.45, 2.75) is 13.5 Å². The summed E-state index contributed by atoms with van der Waals surface area (Å²) in [5.41, 5.74) is 1.59. The Kier molecular flexibility index (Phi) is 4.34. The van der Waals surface area contributed by atoms with Crippen molar-refractivity contribution in [2.24, 2.45) is 0 Å². The highest BCUT2D eigenvalue weighted by atomic mass is 79.9. The molecule has 0 N–H and O–H groups in total. The van der Waals surface area contributed by atoms with Gasteiger partial charge in [0, 0.05) is 22.2 Å². The minimum Gasteiger partial charge on any atom is -0.486 e. The average molecular weight is 340 g/mol. The summed E-state index contributed by atoms with van der Waals surface area (Å²) in [5, 5.41) is 10.6. The van der Waals surface area contributed by atoms with Gasteiger partial charge in [-0.15, -0.1) is 0 Å². The summed E-state index contributed by atoms with van der Waals surface area (Å²) in [5.74, 6) is -0.274. The van der Waals surface area contributed by atoms with Crippen LogP contribution in [0, 0.1) is 22.9 Å². The Balaban J connectivity index is 2.15. The van der Waals surface area contributed by atoms with Crippen molar-refractivity contribution in [1.82, 2.24) is 0 Å². The van der Waals surface area contributed by atoms with Gasteiger partial charge in [-0.25, -0.2) is 4.39 Å². The highest BCUT2D eigenvalue weighted by Gasteiger charge is 2.10. The third-order valence-corrected chi connectivity index (χ3v) is 3.46. The van der Waals surface area contributed by atoms with Crippen molar-refractivity contribution < 1.29 is 14.1 Å². The van der Waals surface area contributed by atoms with Gasteiger partial charge in [-0.1, -0.05) is 22.0 Å². The fourth-order valence-corrected chi connectivity index (χ4v) is 2.12. The summed E-state index contributed by atoms with van der Waals surface area (Å²) in [6.45, 7) is 1.97. The molecule has 0 aliphatic rings. The summed E-state index contributed by atoms with van der Waals surface area (Å²) < 4.78 is 19.5. The Morgan fingerprint density at radius 3 is 2.70 bits per heavy atom. The standard InChI is InChI=1S/C14H11BrFNO3/c1-9-2-5-13(16)14(6-9)20-8-10-3-4-11(17(18)19)7-12(10)15/h2-7H,8H2,1H3. The number of ether oxygens (including phenoxy) is 1. The minimum atomic E-state index is -0.477. The molecule has 0 aromatic heterocycles. The van der Waals surface area contributed by atoms with Crippen LogP contribution in [0.4, 0.5) is 10.1 Å². The lowest BCUT2D eigenvalue weighted by Crippen LogP contribution is -1.99. The van der Waals surface area contributed by atoms with Gasteiger partial charge in [0.25, 0.3) is 5.69 Å². The van der Waals surface area contributed by atoms with Gasteiger partial charge in [-0.3, -0.25) is 10.1 Å². The largest absolute Gasteiger partial charge is 0.486 e. The zero-order chi connectivity index (χ0) is 14.7. The van der Waals surface area contributed by atoms with Crippen LogP contribution < -0.4 is 4.74 Å². The second kappa shape index (κ2) is 6.00. The minimum absolute atomic E-state index is 0.0117. The number of nitrogens with zero attached hydrogens (tertiary/aromatic N) is 1. The van der Waals surface area contributed by atoms with Crippen LogP contribution >= 0.6 is 15.9 Å². The molecule has 0 amide bonds. The maximum Gasteiger partial charge on any atom is 0.270 e. The number of benzene rings is 2. The Bertz CT molecular complexity index is 661. The molecule has 0 atom stereocenters. The van der Waals surface area contributed by atoms with E-state index in [4.69, 9.17) is 4.74 Å². The van der Waals surface area contributed by atoms with Gasteiger partial charge < -0.3 is 4.74 Å². The molecule has 0 aliphatic heterocycles. The molecule has 0 bridgehead atoms. The summed E-state index contributed by atoms with van der Waals surface area (Å²) in [6.07, 6.45) is 0. The molecule has 0 fully saturated rings. The lowest BCUT2D eigenvalue weighted by Gasteiger charge is -2.09. The zero-order valence-electron chi connectivity index (χ0n) is 10.6. The Hall–Kier alpha value is -1.95. The van der Waals surface area contributed by atoms with E-state index in [1.807, 2.05) is 6.92 Å². The van der Waals surface area contributed by atoms with Crippen LogP contribution in [0.2, 0.25) is 0 Å². The Labute approximate surface area is 123 Å². The normalized spacial score (nSPS) is 10.3. The number of non-ortho nitro benzene ring substituents is 1. The van der Waals surface area contributed by atoms with Gasteiger partial charge >= 0.3 is 0 Å². The number of nitro groups is 1. The molecule has 104 valence electrons. The maximum absolute atomic E-state index is 13.5. The van der Waals surface area contributed by atoms with Crippen LogP contribution in [0.25, 0.3) is 0 Å². The molecule has 2 rings (SSSR count). The van der Waals surface area contributed by atoms with E-state index < -0.39 is 10.7 Å². The fraction of sp³-hybridized carbons (Fsp3) is 0.143. The molecule has 0 heterocycles. The number of halogens is 2. The predicted octanol–water partition coefficient (Wildman–Crippen LogP) is 4.38. The molecule has 4 nitrogen and oxygen atoms in total. The summed E-state index contributed by atoms with van der Waals surface area (Å²) in [4.78, 5) is 10.2. The zero-order valence-corrected chi connectivity index (χ0v) is 12.2. The monoisotopic (exact) mass is 339 g/mol. The molecule has 6 heteroatoms. The Morgan fingerprint density at radius 2 is 2.05 bits per heavy atom. The third-order valence-electron chi connectivity index (χ3n) is 2.72. The SMILES string of the molecule is Cc1ccc(F)c(OCc2ccc([N+](=O)[O-])cc2Br)c1. The second-order valence-electron chi connectivity index (χ2n) is 4.26. The van der Waals surface area contributed by atoms with Crippen molar-refractivity contribution in [3.8, 4) is 5.75 Å². The quantitative estimate of drug-likeness (QED) is 0.613. The number of hydrogen-bond donors (Lipinski definition) is 0. The van der Waals surface area contributed by atoms with Crippen molar-refractivity contribution in [2.75, 3.05) is 0 Å². The fourth-order valence-electron chi connectivity index (χ4n) is 1.64. The molecular formula is C14H11BrFNO3. The lowest BCUT2D eigenvalue weighted by molar-refractivity contribution is -0.384. The van der Waals surface area contributed by atoms with Crippen molar-refractivity contribution >= 4 is 21.6 Å². The predicted molar refractivity (Wildman–Crippen MR) is 76.3 cm³/mol. The highest BCUT2D eigenvalue weighted by molar-refractivity contribution is 9.10. The van der Waals surface area contributed by atoms with E-state index in [0.29, 0.717) is 10.0 Å². The van der Waals surface area contributed by atoms with Gasteiger partial charge in [-0.2, -0.15) is 0 Å². The van der Waals surface area contributed by atoms with E-state index >= 15 is 0 Å². The van der Waals surface area contributed by atoms with Crippen LogP contribution in [0.15, 0.2) is 40.9 Å². The van der Waals surface area contributed by atoms with Crippen LogP contribution in [0.1, 0.15) is 11.1 Å². The smallest absolute Gasteiger partial charge is 0.270 e. The van der Waals surface area contributed by atoms with Gasteiger partial charge in [0.2, 0.25) is 0 Å². The Morgan fingerprint density at radius 1 is 1.30 bits per heavy atom. The third kappa shape index (κ3) is 3.33. The first-order chi connectivity index (χ1) is 9.47. The number of hydrogen-bond acceptors (Lipinski definition) is 3. The second-order valence-corrected chi connectivity index (χ2v) is 5.11. The summed E-state index contributed by atoms with van der Waals surface area (Å²) in [7, 11) is 0. The summed E-state index contributed by atoms with van der Waals surface area (Å²) >= 11 is 3.24. The van der Waals surface area contributed by atoms with Gasteiger partial charge in [-0.05, 0) is 30.7 Å². The molecule has 2 aromatic rings. The van der Waals surface area contributed by atoms with Crippen molar-refractivity contribution in [3.63, 3.8) is 0 Å². The maximum atomic E-state index is 13.5. The molecule has 0 saturated heterocycles. The first-order valence-corrected chi connectivity index (χ1v) is 6.58. The average Bonchev–Trinajstić information content (AvgIpc) is 2.40. The van der Waals surface area contributed by atoms with E-state index in [0.717, 1.165) is 5.56 Å². The van der Waals surface area contributed by atoms with Crippen molar-refractivity contribution in [1.29, 1.82) is 0 Å². The van der Waals surface area contributed by atoms with Gasteiger partial charge in [0.1, 0.15) is 6.61 Å². The molecule has 0 aliphatic carbocycles. The van der Waals surface area contributed by atoms with E-state index in [-0.39, 0.29) is 18.0 Å². The lowest BCUT2D eigenvalue weighted by atomic mass is 10.2. The summed E-state index contributed by atoms with van der Waals surface area (Å²) in [6, 6.07) is 8.96. The van der Waals surface area contributed by atoms with Crippen LogP contribution in [-0.4, -0.2) is 4.92 Å². The van der Waals surface area contributed by atoms with E-state index in [9.17, 15) is 14.5 Å². The van der Waals surface area contributed by atoms with E-state index in [1.165, 1.54) is 18.2 Å². The topological polar surface area (TPSA) is 52.4 Å². The van der Waals surface area contributed by atoms with Crippen LogP contribution in [-0.2, 0) is 6.61 Å². The molecule has 20 heavy (non-hydrogen) atoms. The molecule has 0 unspecified atom stereocenters. The number of rotatable bonds is 4. The van der Waals surface area contributed by atoms with Gasteiger partial charge in [0.05, 0.1) is 4.92 Å².